The van der Waals surface area contributed by atoms with Gasteiger partial charge in [-0.2, -0.15) is 0 Å². The molecule has 0 aliphatic rings. The number of hydrogen-bond acceptors (Lipinski definition) is 4. The van der Waals surface area contributed by atoms with Crippen molar-refractivity contribution in [3.05, 3.63) is 57.6 Å². The summed E-state index contributed by atoms with van der Waals surface area (Å²) >= 11 is 0. The number of nitrogens with one attached hydrogen (secondary N) is 2. The van der Waals surface area contributed by atoms with Crippen molar-refractivity contribution in [2.24, 2.45) is 0 Å². The van der Waals surface area contributed by atoms with E-state index in [1.165, 1.54) is 33.4 Å². The summed E-state index contributed by atoms with van der Waals surface area (Å²) in [6, 6.07) is 9.10. The number of benzene rings is 2. The Bertz CT molecular complexity index is 693. The van der Waals surface area contributed by atoms with Crippen LogP contribution in [0.5, 0.6) is 11.5 Å². The fourth-order valence-electron chi connectivity index (χ4n) is 3.79. The molecule has 0 saturated heterocycles. The molecule has 4 heteroatoms. The maximum Gasteiger partial charge on any atom is 0.126 e. The molecule has 0 atom stereocenters. The maximum atomic E-state index is 5.68. The van der Waals surface area contributed by atoms with Crippen LogP contribution in [-0.2, 0) is 32.4 Å². The third kappa shape index (κ3) is 5.02. The lowest BCUT2D eigenvalue weighted by molar-refractivity contribution is 0.403. The van der Waals surface area contributed by atoms with Gasteiger partial charge in [-0.1, -0.05) is 38.1 Å². The van der Waals surface area contributed by atoms with Gasteiger partial charge in [0.05, 0.1) is 14.2 Å². The van der Waals surface area contributed by atoms with Crippen molar-refractivity contribution in [1.82, 2.24) is 10.6 Å². The smallest absolute Gasteiger partial charge is 0.126 e. The van der Waals surface area contributed by atoms with Crippen molar-refractivity contribution in [3.63, 3.8) is 0 Å². The second kappa shape index (κ2) is 10.3. The Balaban J connectivity index is 2.46. The first-order valence-electron chi connectivity index (χ1n) is 9.78. The maximum absolute atomic E-state index is 5.68. The summed E-state index contributed by atoms with van der Waals surface area (Å²) in [5, 5.41) is 6.51. The van der Waals surface area contributed by atoms with Crippen molar-refractivity contribution < 1.29 is 9.47 Å². The summed E-state index contributed by atoms with van der Waals surface area (Å²) in [6.07, 6.45) is 2.82. The van der Waals surface area contributed by atoms with E-state index in [9.17, 15) is 0 Å². The van der Waals surface area contributed by atoms with Gasteiger partial charge in [0.25, 0.3) is 0 Å². The Morgan fingerprint density at radius 3 is 1.33 bits per heavy atom. The minimum Gasteiger partial charge on any atom is -0.496 e. The van der Waals surface area contributed by atoms with Crippen LogP contribution in [0.2, 0.25) is 0 Å². The third-order valence-corrected chi connectivity index (χ3v) is 4.92. The Morgan fingerprint density at radius 2 is 1.04 bits per heavy atom. The quantitative estimate of drug-likeness (QED) is 0.666. The number of ether oxygens (including phenoxy) is 2. The van der Waals surface area contributed by atoms with E-state index in [0.29, 0.717) is 0 Å². The molecule has 4 nitrogen and oxygen atoms in total. The van der Waals surface area contributed by atoms with Gasteiger partial charge in [0.15, 0.2) is 0 Å². The zero-order valence-corrected chi connectivity index (χ0v) is 17.7. The Morgan fingerprint density at radius 1 is 0.667 bits per heavy atom. The predicted molar refractivity (Wildman–Crippen MR) is 113 cm³/mol. The topological polar surface area (TPSA) is 42.5 Å². The van der Waals surface area contributed by atoms with Gasteiger partial charge in [0, 0.05) is 24.2 Å². The van der Waals surface area contributed by atoms with Crippen molar-refractivity contribution in [2.75, 3.05) is 28.3 Å². The summed E-state index contributed by atoms with van der Waals surface area (Å²) in [5.74, 6) is 2.02. The van der Waals surface area contributed by atoms with E-state index in [2.05, 4.69) is 48.7 Å². The predicted octanol–water partition coefficient (Wildman–Crippen LogP) is 3.86. The van der Waals surface area contributed by atoms with Gasteiger partial charge < -0.3 is 20.1 Å². The first-order chi connectivity index (χ1) is 13.1. The molecule has 148 valence electrons. The molecule has 2 N–H and O–H groups in total. The molecule has 27 heavy (non-hydrogen) atoms. The average molecular weight is 371 g/mol. The molecule has 2 rings (SSSR count). The summed E-state index contributed by atoms with van der Waals surface area (Å²) in [7, 11) is 7.46. The normalized spacial score (nSPS) is 10.9. The van der Waals surface area contributed by atoms with Crippen LogP contribution in [0.15, 0.2) is 24.3 Å². The molecule has 0 heterocycles. The fourth-order valence-corrected chi connectivity index (χ4v) is 3.79. The van der Waals surface area contributed by atoms with Gasteiger partial charge in [-0.3, -0.25) is 0 Å². The van der Waals surface area contributed by atoms with Crippen molar-refractivity contribution >= 4 is 0 Å². The number of rotatable bonds is 10. The Kier molecular flexibility index (Phi) is 8.14. The van der Waals surface area contributed by atoms with Gasteiger partial charge in [-0.25, -0.2) is 0 Å². The molecular formula is C23H34N2O2. The second-order valence-corrected chi connectivity index (χ2v) is 6.84. The first-order valence-corrected chi connectivity index (χ1v) is 9.78. The summed E-state index contributed by atoms with van der Waals surface area (Å²) in [6.45, 7) is 5.96. The molecule has 0 unspecified atom stereocenters. The molecule has 0 spiro atoms. The van der Waals surface area contributed by atoms with Crippen LogP contribution in [0, 0.1) is 0 Å². The van der Waals surface area contributed by atoms with Gasteiger partial charge in [-0.05, 0) is 55.6 Å². The zero-order valence-electron chi connectivity index (χ0n) is 17.7. The third-order valence-electron chi connectivity index (χ3n) is 4.92. The lowest BCUT2D eigenvalue weighted by Crippen LogP contribution is -2.10. The second-order valence-electron chi connectivity index (χ2n) is 6.84. The molecule has 2 aromatic carbocycles. The van der Waals surface area contributed by atoms with Gasteiger partial charge in [0.1, 0.15) is 11.5 Å². The highest BCUT2D eigenvalue weighted by molar-refractivity contribution is 5.49. The van der Waals surface area contributed by atoms with Crippen LogP contribution in [0.4, 0.5) is 0 Å². The molecule has 0 fully saturated rings. The lowest BCUT2D eigenvalue weighted by atomic mass is 9.94. The van der Waals surface area contributed by atoms with Crippen LogP contribution >= 0.6 is 0 Å². The van der Waals surface area contributed by atoms with E-state index in [0.717, 1.165) is 43.9 Å². The van der Waals surface area contributed by atoms with Crippen LogP contribution in [0.25, 0.3) is 0 Å². The summed E-state index contributed by atoms with van der Waals surface area (Å²) in [4.78, 5) is 0. The van der Waals surface area contributed by atoms with Crippen LogP contribution < -0.4 is 20.1 Å². The molecule has 0 amide bonds. The SMILES string of the molecule is CCc1cc(Cc2cc(CC)c(OC)c(CNC)c2)cc(CNC)c1OC. The highest BCUT2D eigenvalue weighted by atomic mass is 16.5. The highest BCUT2D eigenvalue weighted by Crippen LogP contribution is 2.30. The van der Waals surface area contributed by atoms with E-state index in [1.54, 1.807) is 14.2 Å². The minimum atomic E-state index is 0.803. The van der Waals surface area contributed by atoms with Crippen LogP contribution in [0.1, 0.15) is 47.2 Å². The Hall–Kier alpha value is -2.04. The monoisotopic (exact) mass is 370 g/mol. The van der Waals surface area contributed by atoms with E-state index in [1.807, 2.05) is 14.1 Å². The first kappa shape index (κ1) is 21.3. The molecular weight excluding hydrogens is 336 g/mol. The molecule has 0 radical (unpaired) electrons. The van der Waals surface area contributed by atoms with Gasteiger partial charge in [0.2, 0.25) is 0 Å². The standard InChI is InChI=1S/C23H34N2O2/c1-7-18-10-16(12-20(14-24-3)22(18)26-5)9-17-11-19(8-2)23(27-6)21(13-17)15-25-4/h10-13,24-25H,7-9,14-15H2,1-6H3. The largest absolute Gasteiger partial charge is 0.496 e. The van der Waals surface area contributed by atoms with Crippen LogP contribution in [0.3, 0.4) is 0 Å². The molecule has 0 aliphatic heterocycles. The van der Waals surface area contributed by atoms with Gasteiger partial charge in [-0.15, -0.1) is 0 Å². The molecule has 2 aromatic rings. The van der Waals surface area contributed by atoms with Crippen molar-refractivity contribution in [1.29, 1.82) is 0 Å². The molecule has 0 aliphatic carbocycles. The molecule has 0 saturated carbocycles. The summed E-state index contributed by atoms with van der Waals surface area (Å²) in [5.41, 5.74) is 7.60. The fraction of sp³-hybridized carbons (Fsp3) is 0.478. The summed E-state index contributed by atoms with van der Waals surface area (Å²) < 4.78 is 11.4. The molecule has 0 bridgehead atoms. The van der Waals surface area contributed by atoms with E-state index in [-0.39, 0.29) is 0 Å². The van der Waals surface area contributed by atoms with Gasteiger partial charge >= 0.3 is 0 Å². The van der Waals surface area contributed by atoms with E-state index < -0.39 is 0 Å². The number of hydrogen-bond donors (Lipinski definition) is 2. The van der Waals surface area contributed by atoms with E-state index >= 15 is 0 Å². The van der Waals surface area contributed by atoms with E-state index in [4.69, 9.17) is 9.47 Å². The molecule has 0 aromatic heterocycles. The highest BCUT2D eigenvalue weighted by Gasteiger charge is 2.13. The van der Waals surface area contributed by atoms with Crippen molar-refractivity contribution in [2.45, 2.75) is 46.2 Å². The minimum absolute atomic E-state index is 0.803. The number of aryl methyl sites for hydroxylation is 2. The van der Waals surface area contributed by atoms with Crippen LogP contribution in [-0.4, -0.2) is 28.3 Å². The lowest BCUT2D eigenvalue weighted by Gasteiger charge is -2.17. The Labute approximate surface area is 164 Å². The average Bonchev–Trinajstić information content (AvgIpc) is 2.67. The number of methoxy groups -OCH3 is 2. The van der Waals surface area contributed by atoms with Crippen molar-refractivity contribution in [3.8, 4) is 11.5 Å². The zero-order chi connectivity index (χ0) is 19.8.